The number of likely N-dealkylation sites (tertiary alicyclic amines) is 1. The van der Waals surface area contributed by atoms with Gasteiger partial charge in [-0.15, -0.1) is 0 Å². The highest BCUT2D eigenvalue weighted by atomic mass is 16.2. The van der Waals surface area contributed by atoms with Crippen molar-refractivity contribution in [2.24, 2.45) is 5.92 Å². The maximum atomic E-state index is 13.0. The van der Waals surface area contributed by atoms with E-state index in [4.69, 9.17) is 0 Å². The van der Waals surface area contributed by atoms with Crippen molar-refractivity contribution >= 4 is 28.3 Å². The molecule has 0 aromatic heterocycles. The molecule has 1 saturated heterocycles. The summed E-state index contributed by atoms with van der Waals surface area (Å²) < 4.78 is 0. The maximum Gasteiger partial charge on any atom is 0.259 e. The van der Waals surface area contributed by atoms with Gasteiger partial charge in [-0.1, -0.05) is 54.6 Å². The first-order valence-electron chi connectivity index (χ1n) is 10.4. The van der Waals surface area contributed by atoms with Gasteiger partial charge in [0.1, 0.15) is 6.54 Å². The summed E-state index contributed by atoms with van der Waals surface area (Å²) in [5.74, 6) is 0.596. The Hall–Kier alpha value is -3.14. The van der Waals surface area contributed by atoms with E-state index in [1.54, 1.807) is 4.90 Å². The molecule has 2 aliphatic rings. The number of rotatable bonds is 4. The summed E-state index contributed by atoms with van der Waals surface area (Å²) in [7, 11) is 0. The Morgan fingerprint density at radius 2 is 1.62 bits per heavy atom. The van der Waals surface area contributed by atoms with Crippen LogP contribution in [0.4, 0.5) is 5.69 Å². The first-order valence-corrected chi connectivity index (χ1v) is 10.4. The third-order valence-electron chi connectivity index (χ3n) is 6.28. The predicted octanol–water partition coefficient (Wildman–Crippen LogP) is 4.28. The summed E-state index contributed by atoms with van der Waals surface area (Å²) in [6, 6.07) is 22.2. The van der Waals surface area contributed by atoms with Crippen molar-refractivity contribution in [1.29, 1.82) is 0 Å². The van der Waals surface area contributed by atoms with Gasteiger partial charge in [0.15, 0.2) is 0 Å². The number of nitrogens with zero attached hydrogens (tertiary/aromatic N) is 2. The third-order valence-corrected chi connectivity index (χ3v) is 6.28. The predicted molar refractivity (Wildman–Crippen MR) is 115 cm³/mol. The van der Waals surface area contributed by atoms with Crippen LogP contribution in [0.25, 0.3) is 10.8 Å². The number of anilines is 1. The van der Waals surface area contributed by atoms with Crippen LogP contribution in [-0.4, -0.2) is 36.3 Å². The highest BCUT2D eigenvalue weighted by Crippen LogP contribution is 2.37. The van der Waals surface area contributed by atoms with Gasteiger partial charge in [0.25, 0.3) is 5.91 Å². The smallest absolute Gasteiger partial charge is 0.259 e. The Morgan fingerprint density at radius 3 is 2.38 bits per heavy atom. The summed E-state index contributed by atoms with van der Waals surface area (Å²) >= 11 is 0. The Morgan fingerprint density at radius 1 is 0.897 bits per heavy atom. The Labute approximate surface area is 170 Å². The molecule has 4 heteroatoms. The minimum absolute atomic E-state index is 0.0429. The molecule has 3 aromatic carbocycles. The summed E-state index contributed by atoms with van der Waals surface area (Å²) in [6.45, 7) is 1.67. The number of hydrogen-bond acceptors (Lipinski definition) is 2. The van der Waals surface area contributed by atoms with E-state index in [9.17, 15) is 9.59 Å². The van der Waals surface area contributed by atoms with E-state index < -0.39 is 0 Å². The van der Waals surface area contributed by atoms with Crippen LogP contribution in [0.15, 0.2) is 66.7 Å². The van der Waals surface area contributed by atoms with Crippen LogP contribution < -0.4 is 4.90 Å². The molecule has 0 saturated carbocycles. The van der Waals surface area contributed by atoms with E-state index in [0.29, 0.717) is 11.5 Å². The highest BCUT2D eigenvalue weighted by molar-refractivity contribution is 6.26. The van der Waals surface area contributed by atoms with E-state index in [0.717, 1.165) is 48.8 Å². The molecule has 0 aliphatic carbocycles. The van der Waals surface area contributed by atoms with Crippen molar-refractivity contribution in [2.45, 2.75) is 19.3 Å². The molecule has 4 nitrogen and oxygen atoms in total. The molecule has 0 bridgehead atoms. The minimum Gasteiger partial charge on any atom is -0.341 e. The average Bonchev–Trinajstić information content (AvgIpc) is 3.03. The third kappa shape index (κ3) is 3.29. The maximum absolute atomic E-state index is 13.0. The second-order valence-corrected chi connectivity index (χ2v) is 8.09. The van der Waals surface area contributed by atoms with Crippen LogP contribution in [0.3, 0.4) is 0 Å². The van der Waals surface area contributed by atoms with Gasteiger partial charge >= 0.3 is 0 Å². The van der Waals surface area contributed by atoms with Crippen molar-refractivity contribution in [3.8, 4) is 0 Å². The summed E-state index contributed by atoms with van der Waals surface area (Å²) in [4.78, 5) is 29.5. The highest BCUT2D eigenvalue weighted by Gasteiger charge is 2.32. The normalized spacial score (nSPS) is 16.6. The fourth-order valence-electron chi connectivity index (χ4n) is 4.71. The molecule has 0 atom stereocenters. The number of carbonyl (C=O) groups is 2. The van der Waals surface area contributed by atoms with Crippen LogP contribution in [0.1, 0.15) is 28.8 Å². The zero-order valence-electron chi connectivity index (χ0n) is 16.4. The van der Waals surface area contributed by atoms with Crippen molar-refractivity contribution < 1.29 is 9.59 Å². The quantitative estimate of drug-likeness (QED) is 0.674. The lowest BCUT2D eigenvalue weighted by Crippen LogP contribution is -2.45. The molecule has 1 fully saturated rings. The van der Waals surface area contributed by atoms with Crippen LogP contribution in [0, 0.1) is 5.92 Å². The average molecular weight is 384 g/mol. The Balaban J connectivity index is 1.24. The molecule has 0 N–H and O–H groups in total. The number of amides is 2. The van der Waals surface area contributed by atoms with Gasteiger partial charge in [-0.3, -0.25) is 14.5 Å². The molecule has 0 spiro atoms. The van der Waals surface area contributed by atoms with E-state index in [1.807, 2.05) is 47.4 Å². The summed E-state index contributed by atoms with van der Waals surface area (Å²) in [5, 5.41) is 2.01. The Kier molecular flexibility index (Phi) is 4.55. The van der Waals surface area contributed by atoms with E-state index in [1.165, 1.54) is 5.56 Å². The first kappa shape index (κ1) is 17.9. The standard InChI is InChI=1S/C25H24N2O2/c28-23(26-14-12-19(13-15-26)16-18-6-2-1-3-7-18)17-27-22-11-5-9-20-8-4-10-21(24(20)22)25(27)29/h1-11,19H,12-17H2. The molecule has 0 radical (unpaired) electrons. The molecule has 0 unspecified atom stereocenters. The van der Waals surface area contributed by atoms with Gasteiger partial charge in [-0.2, -0.15) is 0 Å². The van der Waals surface area contributed by atoms with Crippen molar-refractivity contribution in [3.63, 3.8) is 0 Å². The van der Waals surface area contributed by atoms with Crippen molar-refractivity contribution in [2.75, 3.05) is 24.5 Å². The summed E-state index contributed by atoms with van der Waals surface area (Å²) in [5.41, 5.74) is 2.92. The molecular weight excluding hydrogens is 360 g/mol. The number of carbonyl (C=O) groups excluding carboxylic acids is 2. The lowest BCUT2D eigenvalue weighted by atomic mass is 9.90. The molecule has 146 valence electrons. The number of benzene rings is 3. The van der Waals surface area contributed by atoms with Crippen LogP contribution in [-0.2, 0) is 11.2 Å². The molecule has 3 aromatic rings. The van der Waals surface area contributed by atoms with Gasteiger partial charge in [0.05, 0.1) is 5.69 Å². The topological polar surface area (TPSA) is 40.6 Å². The SMILES string of the molecule is O=C(CN1C(=O)c2cccc3cccc1c23)N1CCC(Cc2ccccc2)CC1. The second kappa shape index (κ2) is 7.36. The van der Waals surface area contributed by atoms with E-state index >= 15 is 0 Å². The van der Waals surface area contributed by atoms with Crippen LogP contribution in [0.2, 0.25) is 0 Å². The van der Waals surface area contributed by atoms with Gasteiger partial charge in [0.2, 0.25) is 5.91 Å². The van der Waals surface area contributed by atoms with Crippen molar-refractivity contribution in [3.05, 3.63) is 77.9 Å². The van der Waals surface area contributed by atoms with E-state index in [-0.39, 0.29) is 18.4 Å². The van der Waals surface area contributed by atoms with Gasteiger partial charge in [-0.05, 0) is 48.3 Å². The zero-order valence-corrected chi connectivity index (χ0v) is 16.4. The summed E-state index contributed by atoms with van der Waals surface area (Å²) in [6.07, 6.45) is 3.11. The second-order valence-electron chi connectivity index (χ2n) is 8.09. The fourth-order valence-corrected chi connectivity index (χ4v) is 4.71. The number of hydrogen-bond donors (Lipinski definition) is 0. The molecule has 2 heterocycles. The molecule has 29 heavy (non-hydrogen) atoms. The first-order chi connectivity index (χ1) is 14.2. The molecule has 2 amide bonds. The minimum atomic E-state index is -0.0656. The lowest BCUT2D eigenvalue weighted by molar-refractivity contribution is -0.131. The van der Waals surface area contributed by atoms with Gasteiger partial charge < -0.3 is 4.90 Å². The van der Waals surface area contributed by atoms with Crippen molar-refractivity contribution in [1.82, 2.24) is 4.90 Å². The molecule has 5 rings (SSSR count). The Bertz CT molecular complexity index is 1060. The zero-order chi connectivity index (χ0) is 19.8. The van der Waals surface area contributed by atoms with Gasteiger partial charge in [0, 0.05) is 24.0 Å². The van der Waals surface area contributed by atoms with Crippen LogP contribution in [0.5, 0.6) is 0 Å². The monoisotopic (exact) mass is 384 g/mol. The number of piperidine rings is 1. The fraction of sp³-hybridized carbons (Fsp3) is 0.280. The van der Waals surface area contributed by atoms with Gasteiger partial charge in [-0.25, -0.2) is 0 Å². The molecular formula is C25H24N2O2. The lowest BCUT2D eigenvalue weighted by Gasteiger charge is -2.33. The van der Waals surface area contributed by atoms with Crippen LogP contribution >= 0.6 is 0 Å². The van der Waals surface area contributed by atoms with E-state index in [2.05, 4.69) is 24.3 Å². The largest absolute Gasteiger partial charge is 0.341 e. The molecule has 2 aliphatic heterocycles.